The Kier molecular flexibility index (Phi) is 4.13. The molecule has 0 saturated heterocycles. The van der Waals surface area contributed by atoms with E-state index in [0.717, 1.165) is 33.8 Å². The van der Waals surface area contributed by atoms with E-state index in [4.69, 9.17) is 0 Å². The highest BCUT2D eigenvalue weighted by molar-refractivity contribution is 6.18. The zero-order valence-corrected chi connectivity index (χ0v) is 15.4. The molecule has 0 aliphatic carbocycles. The van der Waals surface area contributed by atoms with Crippen molar-refractivity contribution in [2.75, 3.05) is 0 Å². The Bertz CT molecular complexity index is 1190. The van der Waals surface area contributed by atoms with Gasteiger partial charge < -0.3 is 0 Å². The number of hydrogen-bond acceptors (Lipinski definition) is 1. The number of benzene rings is 2. The van der Waals surface area contributed by atoms with Crippen LogP contribution in [-0.2, 0) is 0 Å². The van der Waals surface area contributed by atoms with Crippen LogP contribution in [0.4, 0.5) is 0 Å². The Balaban J connectivity index is 2.28. The van der Waals surface area contributed by atoms with Crippen molar-refractivity contribution in [3.63, 3.8) is 0 Å². The number of para-hydroxylation sites is 2. The molecule has 2 heterocycles. The highest BCUT2D eigenvalue weighted by Gasteiger charge is 2.26. The lowest BCUT2D eigenvalue weighted by Gasteiger charge is -2.23. The zero-order valence-electron chi connectivity index (χ0n) is 15.4. The smallest absolute Gasteiger partial charge is 0.219 e. The first kappa shape index (κ1) is 16.9. The van der Waals surface area contributed by atoms with E-state index in [9.17, 15) is 0 Å². The standard InChI is InChI=1S/C24H21N3/c1-5-8-12-18-17(4)26(7-3)24(25-6-2)27-22-16-10-9-13-19(22)21-15-11-14-20(18)23(21)27/h5-16H,1-3H2,4H3/b12-8-,25-24?. The van der Waals surface area contributed by atoms with Gasteiger partial charge in [-0.1, -0.05) is 74.4 Å². The molecule has 0 spiro atoms. The van der Waals surface area contributed by atoms with Crippen LogP contribution in [0.15, 0.2) is 104 Å². The fourth-order valence-electron chi connectivity index (χ4n) is 3.82. The molecule has 0 atom stereocenters. The minimum absolute atomic E-state index is 0.762. The molecular weight excluding hydrogens is 330 g/mol. The summed E-state index contributed by atoms with van der Waals surface area (Å²) in [5, 5.41) is 2.39. The van der Waals surface area contributed by atoms with Gasteiger partial charge in [-0.15, -0.1) is 0 Å². The van der Waals surface area contributed by atoms with Crippen LogP contribution in [-0.4, -0.2) is 15.4 Å². The summed E-state index contributed by atoms with van der Waals surface area (Å²) in [5.41, 5.74) is 5.55. The third kappa shape index (κ3) is 2.40. The second kappa shape index (κ2) is 6.61. The fourth-order valence-corrected chi connectivity index (χ4v) is 3.82. The van der Waals surface area contributed by atoms with Gasteiger partial charge in [-0.25, -0.2) is 4.99 Å². The van der Waals surface area contributed by atoms with E-state index < -0.39 is 0 Å². The molecule has 0 fully saturated rings. The SMILES string of the molecule is C=C/C=C\C1=C(C)N(C=C)C(=NC=C)n2c3ccccc3c3cccc1c32. The molecule has 1 aromatic heterocycles. The molecular formula is C24H21N3. The first-order valence-corrected chi connectivity index (χ1v) is 8.86. The maximum Gasteiger partial charge on any atom is 0.219 e. The van der Waals surface area contributed by atoms with Crippen LogP contribution in [0.25, 0.3) is 27.4 Å². The van der Waals surface area contributed by atoms with Crippen molar-refractivity contribution < 1.29 is 0 Å². The molecule has 3 aromatic rings. The number of hydrogen-bond donors (Lipinski definition) is 0. The predicted octanol–water partition coefficient (Wildman–Crippen LogP) is 6.07. The highest BCUT2D eigenvalue weighted by atomic mass is 15.3. The van der Waals surface area contributed by atoms with Gasteiger partial charge in [0.2, 0.25) is 5.96 Å². The number of fused-ring (bicyclic) bond motifs is 3. The van der Waals surface area contributed by atoms with Crippen molar-refractivity contribution in [2.45, 2.75) is 6.92 Å². The summed E-state index contributed by atoms with van der Waals surface area (Å²) < 4.78 is 2.20. The minimum Gasteiger partial charge on any atom is -0.291 e. The summed E-state index contributed by atoms with van der Waals surface area (Å²) in [6.45, 7) is 13.8. The van der Waals surface area contributed by atoms with E-state index in [0.29, 0.717) is 0 Å². The molecule has 1 aliphatic heterocycles. The lowest BCUT2D eigenvalue weighted by Crippen LogP contribution is -2.29. The van der Waals surface area contributed by atoms with Crippen molar-refractivity contribution in [2.24, 2.45) is 4.99 Å². The van der Waals surface area contributed by atoms with Crippen molar-refractivity contribution in [1.29, 1.82) is 0 Å². The number of nitrogens with zero attached hydrogens (tertiary/aromatic N) is 3. The number of aliphatic imine (C=N–C) groups is 1. The van der Waals surface area contributed by atoms with Gasteiger partial charge in [-0.2, -0.15) is 0 Å². The maximum atomic E-state index is 4.63. The molecule has 3 nitrogen and oxygen atoms in total. The zero-order chi connectivity index (χ0) is 19.0. The van der Waals surface area contributed by atoms with Crippen LogP contribution >= 0.6 is 0 Å². The number of allylic oxidation sites excluding steroid dienone is 5. The second-order valence-electron chi connectivity index (χ2n) is 6.31. The second-order valence-corrected chi connectivity index (χ2v) is 6.31. The van der Waals surface area contributed by atoms with Gasteiger partial charge in [-0.05, 0) is 13.0 Å². The van der Waals surface area contributed by atoms with E-state index in [1.807, 2.05) is 11.0 Å². The van der Waals surface area contributed by atoms with Crippen LogP contribution in [0.5, 0.6) is 0 Å². The maximum absolute atomic E-state index is 4.63. The Labute approximate surface area is 159 Å². The fraction of sp³-hybridized carbons (Fsp3) is 0.0417. The number of aromatic nitrogens is 1. The molecule has 0 unspecified atom stereocenters. The number of rotatable bonds is 4. The molecule has 0 radical (unpaired) electrons. The van der Waals surface area contributed by atoms with Crippen LogP contribution in [0.2, 0.25) is 0 Å². The summed E-state index contributed by atoms with van der Waals surface area (Å²) >= 11 is 0. The van der Waals surface area contributed by atoms with Gasteiger partial charge in [0.1, 0.15) is 0 Å². The molecule has 0 amide bonds. The molecule has 27 heavy (non-hydrogen) atoms. The summed E-state index contributed by atoms with van der Waals surface area (Å²) in [6.07, 6.45) is 9.21. The van der Waals surface area contributed by atoms with E-state index in [1.165, 1.54) is 10.8 Å². The molecule has 0 bridgehead atoms. The van der Waals surface area contributed by atoms with Gasteiger partial charge in [0.05, 0.1) is 11.0 Å². The van der Waals surface area contributed by atoms with Crippen LogP contribution in [0, 0.1) is 0 Å². The normalized spacial score (nSPS) is 15.7. The third-order valence-electron chi connectivity index (χ3n) is 4.94. The average Bonchev–Trinajstić information content (AvgIpc) is 2.98. The highest BCUT2D eigenvalue weighted by Crippen LogP contribution is 2.38. The van der Waals surface area contributed by atoms with Crippen LogP contribution in [0.3, 0.4) is 0 Å². The van der Waals surface area contributed by atoms with Crippen LogP contribution < -0.4 is 0 Å². The monoisotopic (exact) mass is 351 g/mol. The Morgan fingerprint density at radius 1 is 0.963 bits per heavy atom. The molecule has 3 heteroatoms. The van der Waals surface area contributed by atoms with Crippen molar-refractivity contribution >= 4 is 33.3 Å². The first-order chi connectivity index (χ1) is 13.2. The van der Waals surface area contributed by atoms with Gasteiger partial charge >= 0.3 is 0 Å². The molecule has 4 rings (SSSR count). The molecule has 1 aliphatic rings. The quantitative estimate of drug-likeness (QED) is 0.522. The molecule has 0 N–H and O–H groups in total. The predicted molar refractivity (Wildman–Crippen MR) is 116 cm³/mol. The molecule has 2 aromatic carbocycles. The Morgan fingerprint density at radius 3 is 2.48 bits per heavy atom. The van der Waals surface area contributed by atoms with Gasteiger partial charge in [0.15, 0.2) is 0 Å². The Morgan fingerprint density at radius 2 is 1.74 bits per heavy atom. The lowest BCUT2D eigenvalue weighted by atomic mass is 10.00. The van der Waals surface area contributed by atoms with Gasteiger partial charge in [-0.3, -0.25) is 9.47 Å². The van der Waals surface area contributed by atoms with E-state index >= 15 is 0 Å². The largest absolute Gasteiger partial charge is 0.291 e. The summed E-state index contributed by atoms with van der Waals surface area (Å²) in [5.74, 6) is 0.762. The summed E-state index contributed by atoms with van der Waals surface area (Å²) in [6, 6.07) is 14.8. The molecule has 0 saturated carbocycles. The van der Waals surface area contributed by atoms with Crippen molar-refractivity contribution in [3.8, 4) is 0 Å². The average molecular weight is 351 g/mol. The van der Waals surface area contributed by atoms with E-state index in [2.05, 4.69) is 84.8 Å². The summed E-state index contributed by atoms with van der Waals surface area (Å²) in [7, 11) is 0. The summed E-state index contributed by atoms with van der Waals surface area (Å²) in [4.78, 5) is 6.64. The van der Waals surface area contributed by atoms with Gasteiger partial charge in [0.25, 0.3) is 0 Å². The topological polar surface area (TPSA) is 20.5 Å². The third-order valence-corrected chi connectivity index (χ3v) is 4.94. The minimum atomic E-state index is 0.762. The van der Waals surface area contributed by atoms with E-state index in [-0.39, 0.29) is 0 Å². The van der Waals surface area contributed by atoms with Crippen molar-refractivity contribution in [1.82, 2.24) is 9.47 Å². The van der Waals surface area contributed by atoms with Crippen molar-refractivity contribution in [3.05, 3.63) is 104 Å². The van der Waals surface area contributed by atoms with Crippen LogP contribution in [0.1, 0.15) is 12.5 Å². The van der Waals surface area contributed by atoms with Gasteiger partial charge in [0, 0.05) is 40.0 Å². The van der Waals surface area contributed by atoms with E-state index in [1.54, 1.807) is 18.5 Å². The Hall–Kier alpha value is -3.59. The lowest BCUT2D eigenvalue weighted by molar-refractivity contribution is 0.673. The molecule has 132 valence electrons. The first-order valence-electron chi connectivity index (χ1n) is 8.86.